The maximum atomic E-state index is 5.62. The summed E-state index contributed by atoms with van der Waals surface area (Å²) >= 11 is 0. The summed E-state index contributed by atoms with van der Waals surface area (Å²) in [5.74, 6) is 4.40. The normalized spacial score (nSPS) is 21.0. The standard InChI is InChI=1S/C18H24O3/c1-12(2)14-5-7-16(19-3)15(10-14)8-13-4-6-17-18(9-13)21-11-20-17/h4,6,9,12,14H,5,7-8,10-11H2,1-3H3. The van der Waals surface area contributed by atoms with Crippen LogP contribution in [0.1, 0.15) is 38.7 Å². The van der Waals surface area contributed by atoms with Gasteiger partial charge in [0, 0.05) is 6.42 Å². The molecule has 0 N–H and O–H groups in total. The first-order chi connectivity index (χ1) is 10.2. The second-order valence-corrected chi connectivity index (χ2v) is 6.34. The fourth-order valence-corrected chi connectivity index (χ4v) is 3.31. The zero-order valence-electron chi connectivity index (χ0n) is 13.1. The Kier molecular flexibility index (Phi) is 4.09. The van der Waals surface area contributed by atoms with Gasteiger partial charge in [-0.3, -0.25) is 0 Å². The molecular formula is C18H24O3. The quantitative estimate of drug-likeness (QED) is 0.826. The van der Waals surface area contributed by atoms with Gasteiger partial charge < -0.3 is 14.2 Å². The molecule has 2 aliphatic rings. The van der Waals surface area contributed by atoms with Crippen molar-refractivity contribution in [2.24, 2.45) is 11.8 Å². The van der Waals surface area contributed by atoms with Gasteiger partial charge in [0.05, 0.1) is 12.9 Å². The molecule has 0 radical (unpaired) electrons. The number of allylic oxidation sites excluding steroid dienone is 2. The lowest BCUT2D eigenvalue weighted by molar-refractivity contribution is 0.174. The van der Waals surface area contributed by atoms with E-state index in [1.165, 1.54) is 23.3 Å². The minimum absolute atomic E-state index is 0.334. The highest BCUT2D eigenvalue weighted by atomic mass is 16.7. The Morgan fingerprint density at radius 3 is 2.81 bits per heavy atom. The number of hydrogen-bond donors (Lipinski definition) is 0. The monoisotopic (exact) mass is 288 g/mol. The van der Waals surface area contributed by atoms with Crippen LogP contribution >= 0.6 is 0 Å². The van der Waals surface area contributed by atoms with Crippen LogP contribution in [0.2, 0.25) is 0 Å². The zero-order chi connectivity index (χ0) is 14.8. The Bertz CT molecular complexity index is 545. The van der Waals surface area contributed by atoms with E-state index in [0.717, 1.165) is 42.6 Å². The van der Waals surface area contributed by atoms with Crippen molar-refractivity contribution >= 4 is 0 Å². The van der Waals surface area contributed by atoms with Gasteiger partial charge in [-0.25, -0.2) is 0 Å². The van der Waals surface area contributed by atoms with Crippen molar-refractivity contribution in [3.05, 3.63) is 35.1 Å². The van der Waals surface area contributed by atoms with Crippen LogP contribution in [0.3, 0.4) is 0 Å². The van der Waals surface area contributed by atoms with Gasteiger partial charge in [-0.1, -0.05) is 19.9 Å². The summed E-state index contributed by atoms with van der Waals surface area (Å²) in [6, 6.07) is 6.24. The van der Waals surface area contributed by atoms with Gasteiger partial charge >= 0.3 is 0 Å². The predicted octanol–water partition coefficient (Wildman–Crippen LogP) is 4.31. The summed E-state index contributed by atoms with van der Waals surface area (Å²) in [5.41, 5.74) is 2.72. The molecule has 1 aliphatic heterocycles. The maximum Gasteiger partial charge on any atom is 0.231 e. The van der Waals surface area contributed by atoms with Crippen molar-refractivity contribution in [3.63, 3.8) is 0 Å². The number of methoxy groups -OCH3 is 1. The minimum Gasteiger partial charge on any atom is -0.501 e. The maximum absolute atomic E-state index is 5.62. The second-order valence-electron chi connectivity index (χ2n) is 6.34. The van der Waals surface area contributed by atoms with Crippen molar-refractivity contribution < 1.29 is 14.2 Å². The zero-order valence-corrected chi connectivity index (χ0v) is 13.1. The first-order valence-corrected chi connectivity index (χ1v) is 7.80. The van der Waals surface area contributed by atoms with Gasteiger partial charge in [0.2, 0.25) is 6.79 Å². The minimum atomic E-state index is 0.334. The molecule has 0 aromatic heterocycles. The number of rotatable bonds is 4. The molecule has 1 atom stereocenters. The second kappa shape index (κ2) is 6.00. The van der Waals surface area contributed by atoms with Crippen molar-refractivity contribution in [1.82, 2.24) is 0 Å². The molecule has 1 aliphatic carbocycles. The summed E-state index contributed by atoms with van der Waals surface area (Å²) in [6.45, 7) is 4.97. The molecule has 0 saturated carbocycles. The molecule has 1 aromatic carbocycles. The molecule has 1 unspecified atom stereocenters. The lowest BCUT2D eigenvalue weighted by Gasteiger charge is -2.29. The largest absolute Gasteiger partial charge is 0.501 e. The van der Waals surface area contributed by atoms with Crippen LogP contribution in [0, 0.1) is 11.8 Å². The van der Waals surface area contributed by atoms with Crippen LogP contribution < -0.4 is 9.47 Å². The molecule has 3 nitrogen and oxygen atoms in total. The third-order valence-corrected chi connectivity index (χ3v) is 4.69. The van der Waals surface area contributed by atoms with Crippen molar-refractivity contribution in [3.8, 4) is 11.5 Å². The van der Waals surface area contributed by atoms with Crippen LogP contribution in [0.4, 0.5) is 0 Å². The van der Waals surface area contributed by atoms with E-state index >= 15 is 0 Å². The third-order valence-electron chi connectivity index (χ3n) is 4.69. The first kappa shape index (κ1) is 14.3. The SMILES string of the molecule is COC1=C(Cc2ccc3c(c2)OCO3)CC(C(C)C)CC1. The topological polar surface area (TPSA) is 27.7 Å². The van der Waals surface area contributed by atoms with Crippen LogP contribution in [0.5, 0.6) is 11.5 Å². The molecule has 1 heterocycles. The highest BCUT2D eigenvalue weighted by Gasteiger charge is 2.24. The van der Waals surface area contributed by atoms with Crippen molar-refractivity contribution in [2.45, 2.75) is 39.5 Å². The average molecular weight is 288 g/mol. The fourth-order valence-electron chi connectivity index (χ4n) is 3.31. The van der Waals surface area contributed by atoms with Gasteiger partial charge in [-0.05, 0) is 54.4 Å². The Balaban J connectivity index is 1.79. The van der Waals surface area contributed by atoms with Gasteiger partial charge in [-0.2, -0.15) is 0 Å². The summed E-state index contributed by atoms with van der Waals surface area (Å²) in [6.07, 6.45) is 4.41. The molecule has 0 spiro atoms. The third kappa shape index (κ3) is 3.02. The summed E-state index contributed by atoms with van der Waals surface area (Å²) in [7, 11) is 1.80. The van der Waals surface area contributed by atoms with Crippen LogP contribution in [0.25, 0.3) is 0 Å². The van der Waals surface area contributed by atoms with Crippen LogP contribution in [0.15, 0.2) is 29.5 Å². The highest BCUT2D eigenvalue weighted by molar-refractivity contribution is 5.45. The van der Waals surface area contributed by atoms with E-state index in [-0.39, 0.29) is 0 Å². The van der Waals surface area contributed by atoms with E-state index in [2.05, 4.69) is 26.0 Å². The highest BCUT2D eigenvalue weighted by Crippen LogP contribution is 2.37. The molecule has 0 saturated heterocycles. The molecule has 3 heteroatoms. The molecule has 21 heavy (non-hydrogen) atoms. The molecule has 0 amide bonds. The van der Waals surface area contributed by atoms with E-state index in [4.69, 9.17) is 14.2 Å². The van der Waals surface area contributed by atoms with Crippen molar-refractivity contribution in [1.29, 1.82) is 0 Å². The average Bonchev–Trinajstić information content (AvgIpc) is 2.94. The fraction of sp³-hybridized carbons (Fsp3) is 0.556. The van der Waals surface area contributed by atoms with E-state index in [1.54, 1.807) is 7.11 Å². The number of benzene rings is 1. The predicted molar refractivity (Wildman–Crippen MR) is 82.5 cm³/mol. The molecule has 1 aromatic rings. The summed E-state index contributed by atoms with van der Waals surface area (Å²) in [5, 5.41) is 0. The number of fused-ring (bicyclic) bond motifs is 1. The lowest BCUT2D eigenvalue weighted by atomic mass is 9.79. The first-order valence-electron chi connectivity index (χ1n) is 7.80. The lowest BCUT2D eigenvalue weighted by Crippen LogP contribution is -2.17. The van der Waals surface area contributed by atoms with Gasteiger partial charge in [0.1, 0.15) is 0 Å². The smallest absolute Gasteiger partial charge is 0.231 e. The van der Waals surface area contributed by atoms with Gasteiger partial charge in [0.15, 0.2) is 11.5 Å². The molecule has 3 rings (SSSR count). The molecular weight excluding hydrogens is 264 g/mol. The Labute approximate surface area is 126 Å². The van der Waals surface area contributed by atoms with Crippen LogP contribution in [-0.2, 0) is 11.2 Å². The summed E-state index contributed by atoms with van der Waals surface area (Å²) in [4.78, 5) is 0. The van der Waals surface area contributed by atoms with E-state index in [0.29, 0.717) is 6.79 Å². The molecule has 0 bridgehead atoms. The van der Waals surface area contributed by atoms with Crippen molar-refractivity contribution in [2.75, 3.05) is 13.9 Å². The van der Waals surface area contributed by atoms with Crippen LogP contribution in [-0.4, -0.2) is 13.9 Å². The molecule has 0 fully saturated rings. The van der Waals surface area contributed by atoms with Gasteiger partial charge in [0.25, 0.3) is 0 Å². The Hall–Kier alpha value is -1.64. The Morgan fingerprint density at radius 2 is 2.05 bits per heavy atom. The van der Waals surface area contributed by atoms with E-state index in [9.17, 15) is 0 Å². The summed E-state index contributed by atoms with van der Waals surface area (Å²) < 4.78 is 16.5. The van der Waals surface area contributed by atoms with Gasteiger partial charge in [-0.15, -0.1) is 0 Å². The molecule has 114 valence electrons. The van der Waals surface area contributed by atoms with E-state index < -0.39 is 0 Å². The number of hydrogen-bond acceptors (Lipinski definition) is 3. The Morgan fingerprint density at radius 1 is 1.24 bits per heavy atom. The van der Waals surface area contributed by atoms with E-state index in [1.807, 2.05) is 6.07 Å². The number of ether oxygens (including phenoxy) is 3.